The zero-order chi connectivity index (χ0) is 14.1. The van der Waals surface area contributed by atoms with Crippen molar-refractivity contribution in [3.05, 3.63) is 36.5 Å². The molecule has 1 atom stereocenters. The molecule has 1 aliphatic heterocycles. The second-order valence-electron chi connectivity index (χ2n) is 5.17. The summed E-state index contributed by atoms with van der Waals surface area (Å²) in [5, 5.41) is 10.1. The maximum absolute atomic E-state index is 11.0. The number of nitrogens with zero attached hydrogens (tertiary/aromatic N) is 3. The first kappa shape index (κ1) is 12.7. The van der Waals surface area contributed by atoms with Gasteiger partial charge in [-0.1, -0.05) is 18.2 Å². The van der Waals surface area contributed by atoms with Gasteiger partial charge in [-0.2, -0.15) is 0 Å². The van der Waals surface area contributed by atoms with E-state index in [0.717, 1.165) is 23.0 Å². The topological polar surface area (TPSA) is 56.7 Å². The van der Waals surface area contributed by atoms with Gasteiger partial charge in [0.05, 0.1) is 17.4 Å². The number of benzene rings is 1. The summed E-state index contributed by atoms with van der Waals surface area (Å²) < 4.78 is 0. The van der Waals surface area contributed by atoms with Crippen LogP contribution in [0.1, 0.15) is 6.42 Å². The van der Waals surface area contributed by atoms with Crippen LogP contribution < -0.4 is 4.90 Å². The Morgan fingerprint density at radius 1 is 1.45 bits per heavy atom. The Kier molecular flexibility index (Phi) is 3.18. The third-order valence-corrected chi connectivity index (χ3v) is 3.96. The van der Waals surface area contributed by atoms with Gasteiger partial charge in [0, 0.05) is 31.6 Å². The third-order valence-electron chi connectivity index (χ3n) is 3.96. The number of fused-ring (bicyclic) bond motifs is 1. The highest BCUT2D eigenvalue weighted by Crippen LogP contribution is 2.24. The number of rotatable bonds is 2. The first-order chi connectivity index (χ1) is 9.65. The molecule has 0 aliphatic carbocycles. The first-order valence-corrected chi connectivity index (χ1v) is 6.70. The SMILES string of the molecule is CN(c1cnc2ccccc2c1)[C@@H]1CCN(C(=O)O)C1. The number of carboxylic acid groups (broad SMARTS) is 1. The fraction of sp³-hybridized carbons (Fsp3) is 0.333. The van der Waals surface area contributed by atoms with E-state index in [1.165, 1.54) is 4.90 Å². The van der Waals surface area contributed by atoms with Crippen molar-refractivity contribution in [2.75, 3.05) is 25.0 Å². The lowest BCUT2D eigenvalue weighted by molar-refractivity contribution is 0.155. The minimum atomic E-state index is -0.836. The van der Waals surface area contributed by atoms with Crippen molar-refractivity contribution in [2.24, 2.45) is 0 Å². The van der Waals surface area contributed by atoms with Gasteiger partial charge < -0.3 is 14.9 Å². The molecule has 1 aliphatic rings. The molecule has 104 valence electrons. The number of amides is 1. The van der Waals surface area contributed by atoms with Gasteiger partial charge in [0.1, 0.15) is 0 Å². The van der Waals surface area contributed by atoms with Gasteiger partial charge in [-0.3, -0.25) is 4.98 Å². The number of hydrogen-bond donors (Lipinski definition) is 1. The summed E-state index contributed by atoms with van der Waals surface area (Å²) in [6.07, 6.45) is 1.87. The van der Waals surface area contributed by atoms with Crippen LogP contribution in [0.15, 0.2) is 36.5 Å². The quantitative estimate of drug-likeness (QED) is 0.911. The van der Waals surface area contributed by atoms with Crippen LogP contribution in [0.2, 0.25) is 0 Å². The van der Waals surface area contributed by atoms with Crippen LogP contribution in [0.25, 0.3) is 10.9 Å². The molecule has 5 heteroatoms. The fourth-order valence-corrected chi connectivity index (χ4v) is 2.69. The second kappa shape index (κ2) is 5.00. The van der Waals surface area contributed by atoms with Gasteiger partial charge in [0.15, 0.2) is 0 Å². The standard InChI is InChI=1S/C15H17N3O2/c1-17(12-6-7-18(10-12)15(19)20)13-8-11-4-2-3-5-14(11)16-9-13/h2-5,8-9,12H,6-7,10H2,1H3,(H,19,20)/t12-/m1/s1. The zero-order valence-corrected chi connectivity index (χ0v) is 11.4. The van der Waals surface area contributed by atoms with E-state index in [-0.39, 0.29) is 6.04 Å². The van der Waals surface area contributed by atoms with Gasteiger partial charge in [0.25, 0.3) is 0 Å². The average Bonchev–Trinajstić information content (AvgIpc) is 2.96. The largest absolute Gasteiger partial charge is 0.465 e. The van der Waals surface area contributed by atoms with E-state index in [1.54, 1.807) is 0 Å². The Morgan fingerprint density at radius 3 is 3.00 bits per heavy atom. The predicted octanol–water partition coefficient (Wildman–Crippen LogP) is 2.42. The van der Waals surface area contributed by atoms with Gasteiger partial charge in [-0.25, -0.2) is 4.79 Å². The highest BCUT2D eigenvalue weighted by atomic mass is 16.4. The summed E-state index contributed by atoms with van der Waals surface area (Å²) in [6, 6.07) is 10.3. The summed E-state index contributed by atoms with van der Waals surface area (Å²) in [5.74, 6) is 0. The number of carbonyl (C=O) groups is 1. The van der Waals surface area contributed by atoms with Crippen molar-refractivity contribution >= 4 is 22.7 Å². The normalized spacial score (nSPS) is 18.4. The Bertz CT molecular complexity index is 644. The minimum absolute atomic E-state index is 0.217. The highest BCUT2D eigenvalue weighted by molar-refractivity contribution is 5.81. The fourth-order valence-electron chi connectivity index (χ4n) is 2.69. The number of aromatic nitrogens is 1. The average molecular weight is 271 g/mol. The molecule has 0 saturated carbocycles. The molecule has 2 heterocycles. The molecule has 0 spiro atoms. The van der Waals surface area contributed by atoms with E-state index < -0.39 is 6.09 Å². The van der Waals surface area contributed by atoms with Gasteiger partial charge in [-0.05, 0) is 18.6 Å². The van der Waals surface area contributed by atoms with Gasteiger partial charge in [0.2, 0.25) is 0 Å². The van der Waals surface area contributed by atoms with Crippen LogP contribution in [0.4, 0.5) is 10.5 Å². The lowest BCUT2D eigenvalue weighted by atomic mass is 10.1. The Labute approximate surface area is 117 Å². The first-order valence-electron chi connectivity index (χ1n) is 6.70. The van der Waals surface area contributed by atoms with E-state index in [1.807, 2.05) is 37.5 Å². The van der Waals surface area contributed by atoms with Crippen molar-refractivity contribution in [3.8, 4) is 0 Å². The number of pyridine rings is 1. The van der Waals surface area contributed by atoms with Crippen molar-refractivity contribution in [3.63, 3.8) is 0 Å². The molecule has 1 amide bonds. The monoisotopic (exact) mass is 271 g/mol. The molecule has 1 saturated heterocycles. The second-order valence-corrected chi connectivity index (χ2v) is 5.17. The van der Waals surface area contributed by atoms with Crippen molar-refractivity contribution in [1.29, 1.82) is 0 Å². The minimum Gasteiger partial charge on any atom is -0.465 e. The zero-order valence-electron chi connectivity index (χ0n) is 11.4. The van der Waals surface area contributed by atoms with Crippen LogP contribution in [0.5, 0.6) is 0 Å². The number of para-hydroxylation sites is 1. The number of anilines is 1. The van der Waals surface area contributed by atoms with E-state index in [0.29, 0.717) is 13.1 Å². The smallest absolute Gasteiger partial charge is 0.407 e. The number of likely N-dealkylation sites (tertiary alicyclic amines) is 1. The van der Waals surface area contributed by atoms with Crippen molar-refractivity contribution < 1.29 is 9.90 Å². The molecule has 0 bridgehead atoms. The van der Waals surface area contributed by atoms with Crippen molar-refractivity contribution in [1.82, 2.24) is 9.88 Å². The van der Waals surface area contributed by atoms with E-state index in [2.05, 4.69) is 16.0 Å². The maximum atomic E-state index is 11.0. The molecule has 2 aromatic rings. The molecule has 3 rings (SSSR count). The molecular weight excluding hydrogens is 254 g/mol. The summed E-state index contributed by atoms with van der Waals surface area (Å²) in [4.78, 5) is 19.0. The highest BCUT2D eigenvalue weighted by Gasteiger charge is 2.28. The van der Waals surface area contributed by atoms with Gasteiger partial charge >= 0.3 is 6.09 Å². The van der Waals surface area contributed by atoms with E-state index in [9.17, 15) is 4.79 Å². The molecule has 0 radical (unpaired) electrons. The van der Waals surface area contributed by atoms with E-state index >= 15 is 0 Å². The van der Waals surface area contributed by atoms with Gasteiger partial charge in [-0.15, -0.1) is 0 Å². The van der Waals surface area contributed by atoms with Crippen LogP contribution in [0, 0.1) is 0 Å². The summed E-state index contributed by atoms with van der Waals surface area (Å²) in [7, 11) is 2.00. The summed E-state index contributed by atoms with van der Waals surface area (Å²) in [6.45, 7) is 1.16. The predicted molar refractivity (Wildman–Crippen MR) is 78.1 cm³/mol. The molecule has 1 aromatic heterocycles. The maximum Gasteiger partial charge on any atom is 0.407 e. The number of hydrogen-bond acceptors (Lipinski definition) is 3. The summed E-state index contributed by atoms with van der Waals surface area (Å²) >= 11 is 0. The van der Waals surface area contributed by atoms with Crippen LogP contribution in [0.3, 0.4) is 0 Å². The molecule has 0 unspecified atom stereocenters. The van der Waals surface area contributed by atoms with Crippen molar-refractivity contribution in [2.45, 2.75) is 12.5 Å². The molecule has 1 aromatic carbocycles. The number of likely N-dealkylation sites (N-methyl/N-ethyl adjacent to an activating group) is 1. The molecule has 20 heavy (non-hydrogen) atoms. The molecule has 5 nitrogen and oxygen atoms in total. The molecular formula is C15H17N3O2. The Balaban J connectivity index is 1.82. The van der Waals surface area contributed by atoms with Crippen LogP contribution in [-0.4, -0.2) is 47.3 Å². The molecule has 1 fully saturated rings. The Hall–Kier alpha value is -2.30. The molecule has 1 N–H and O–H groups in total. The lowest BCUT2D eigenvalue weighted by Gasteiger charge is -2.26. The van der Waals surface area contributed by atoms with E-state index in [4.69, 9.17) is 5.11 Å². The Morgan fingerprint density at radius 2 is 2.25 bits per heavy atom. The summed E-state index contributed by atoms with van der Waals surface area (Å²) in [5.41, 5.74) is 2.00. The van der Waals surface area contributed by atoms with Crippen LogP contribution >= 0.6 is 0 Å². The van der Waals surface area contributed by atoms with Crippen LogP contribution in [-0.2, 0) is 0 Å². The lowest BCUT2D eigenvalue weighted by Crippen LogP contribution is -2.36. The third kappa shape index (κ3) is 2.27.